The number of benzene rings is 2. The zero-order chi connectivity index (χ0) is 13.2. The second-order valence-electron chi connectivity index (χ2n) is 5.06. The van der Waals surface area contributed by atoms with Gasteiger partial charge in [0, 0.05) is 18.7 Å². The van der Waals surface area contributed by atoms with Gasteiger partial charge in [-0.05, 0) is 42.2 Å². The minimum absolute atomic E-state index is 0.132. The van der Waals surface area contributed by atoms with E-state index in [2.05, 4.69) is 25.1 Å². The summed E-state index contributed by atoms with van der Waals surface area (Å²) in [4.78, 5) is 14.4. The van der Waals surface area contributed by atoms with Gasteiger partial charge < -0.3 is 4.90 Å². The van der Waals surface area contributed by atoms with Crippen molar-refractivity contribution in [1.82, 2.24) is 4.90 Å². The smallest absolute Gasteiger partial charge is 0.254 e. The van der Waals surface area contributed by atoms with E-state index in [9.17, 15) is 4.79 Å². The van der Waals surface area contributed by atoms with Crippen molar-refractivity contribution in [3.63, 3.8) is 0 Å². The van der Waals surface area contributed by atoms with Gasteiger partial charge in [-0.1, -0.05) is 36.4 Å². The molecular formula is C17H17NO. The third-order valence-electron chi connectivity index (χ3n) is 3.81. The topological polar surface area (TPSA) is 20.3 Å². The lowest BCUT2D eigenvalue weighted by Crippen LogP contribution is -2.36. The van der Waals surface area contributed by atoms with Gasteiger partial charge in [-0.3, -0.25) is 4.79 Å². The Morgan fingerprint density at radius 1 is 1.05 bits per heavy atom. The van der Waals surface area contributed by atoms with E-state index in [1.165, 1.54) is 16.7 Å². The molecule has 0 aliphatic carbocycles. The predicted octanol–water partition coefficient (Wildman–Crippen LogP) is 3.19. The fourth-order valence-electron chi connectivity index (χ4n) is 2.74. The van der Waals surface area contributed by atoms with E-state index < -0.39 is 0 Å². The summed E-state index contributed by atoms with van der Waals surface area (Å²) in [5, 5.41) is 0. The Balaban J connectivity index is 1.85. The first kappa shape index (κ1) is 12.0. The number of aryl methyl sites for hydroxylation is 1. The Morgan fingerprint density at radius 2 is 1.84 bits per heavy atom. The number of carbonyl (C=O) groups excluding carboxylic acids is 1. The molecule has 19 heavy (non-hydrogen) atoms. The van der Waals surface area contributed by atoms with Gasteiger partial charge in [-0.25, -0.2) is 0 Å². The molecule has 2 aromatic carbocycles. The fraction of sp³-hybridized carbons (Fsp3) is 0.235. The van der Waals surface area contributed by atoms with Crippen molar-refractivity contribution in [2.24, 2.45) is 0 Å². The van der Waals surface area contributed by atoms with Crippen LogP contribution in [0.3, 0.4) is 0 Å². The molecule has 0 bridgehead atoms. The summed E-state index contributed by atoms with van der Waals surface area (Å²) in [6.45, 7) is 3.68. The van der Waals surface area contributed by atoms with Crippen LogP contribution in [0.25, 0.3) is 0 Å². The molecule has 0 N–H and O–H groups in total. The second-order valence-corrected chi connectivity index (χ2v) is 5.06. The zero-order valence-electron chi connectivity index (χ0n) is 11.1. The molecule has 1 heterocycles. The van der Waals surface area contributed by atoms with Gasteiger partial charge in [-0.15, -0.1) is 0 Å². The van der Waals surface area contributed by atoms with E-state index in [-0.39, 0.29) is 5.91 Å². The van der Waals surface area contributed by atoms with Crippen molar-refractivity contribution in [1.29, 1.82) is 0 Å². The highest BCUT2D eigenvalue weighted by atomic mass is 16.2. The van der Waals surface area contributed by atoms with Crippen LogP contribution in [0.15, 0.2) is 48.5 Å². The molecular weight excluding hydrogens is 234 g/mol. The molecule has 1 aliphatic heterocycles. The quantitative estimate of drug-likeness (QED) is 0.762. The molecule has 0 spiro atoms. The van der Waals surface area contributed by atoms with Crippen LogP contribution in [0.4, 0.5) is 0 Å². The SMILES string of the molecule is Cc1cccc2c1CCN(C(=O)c1ccccc1)C2. The van der Waals surface area contributed by atoms with Gasteiger partial charge in [0.2, 0.25) is 0 Å². The van der Waals surface area contributed by atoms with Gasteiger partial charge in [0.05, 0.1) is 0 Å². The van der Waals surface area contributed by atoms with Gasteiger partial charge >= 0.3 is 0 Å². The normalized spacial score (nSPS) is 14.1. The van der Waals surface area contributed by atoms with Crippen LogP contribution >= 0.6 is 0 Å². The largest absolute Gasteiger partial charge is 0.334 e. The minimum Gasteiger partial charge on any atom is -0.334 e. The highest BCUT2D eigenvalue weighted by Gasteiger charge is 2.22. The van der Waals surface area contributed by atoms with E-state index in [0.717, 1.165) is 25.1 Å². The summed E-state index contributed by atoms with van der Waals surface area (Å²) in [5.41, 5.74) is 4.82. The number of rotatable bonds is 1. The Hall–Kier alpha value is -2.09. The minimum atomic E-state index is 0.132. The summed E-state index contributed by atoms with van der Waals surface area (Å²) >= 11 is 0. The van der Waals surface area contributed by atoms with Gasteiger partial charge in [-0.2, -0.15) is 0 Å². The average Bonchev–Trinajstić information content (AvgIpc) is 2.47. The van der Waals surface area contributed by atoms with Crippen LogP contribution in [0, 0.1) is 6.92 Å². The monoisotopic (exact) mass is 251 g/mol. The number of nitrogens with zero attached hydrogens (tertiary/aromatic N) is 1. The first-order valence-corrected chi connectivity index (χ1v) is 6.67. The van der Waals surface area contributed by atoms with Crippen LogP contribution in [0.5, 0.6) is 0 Å². The Bertz CT molecular complexity index is 604. The zero-order valence-corrected chi connectivity index (χ0v) is 11.1. The molecule has 0 radical (unpaired) electrons. The standard InChI is InChI=1S/C17H17NO/c1-13-6-5-9-15-12-18(11-10-16(13)15)17(19)14-7-3-2-4-8-14/h2-9H,10-12H2,1H3. The Kier molecular flexibility index (Phi) is 3.08. The molecule has 0 saturated heterocycles. The molecule has 0 aromatic heterocycles. The second kappa shape index (κ2) is 4.88. The van der Waals surface area contributed by atoms with E-state index >= 15 is 0 Å². The first-order valence-electron chi connectivity index (χ1n) is 6.67. The molecule has 2 aromatic rings. The number of hydrogen-bond acceptors (Lipinski definition) is 1. The molecule has 0 atom stereocenters. The lowest BCUT2D eigenvalue weighted by molar-refractivity contribution is 0.0734. The summed E-state index contributed by atoms with van der Waals surface area (Å²) < 4.78 is 0. The molecule has 0 saturated carbocycles. The summed E-state index contributed by atoms with van der Waals surface area (Å²) in [7, 11) is 0. The number of fused-ring (bicyclic) bond motifs is 1. The van der Waals surface area contributed by atoms with Crippen molar-refractivity contribution in [2.75, 3.05) is 6.54 Å². The molecule has 2 heteroatoms. The van der Waals surface area contributed by atoms with E-state index in [1.54, 1.807) is 0 Å². The summed E-state index contributed by atoms with van der Waals surface area (Å²) in [6.07, 6.45) is 0.959. The van der Waals surface area contributed by atoms with E-state index in [0.29, 0.717) is 0 Å². The van der Waals surface area contributed by atoms with Gasteiger partial charge in [0.1, 0.15) is 0 Å². The molecule has 1 aliphatic rings. The average molecular weight is 251 g/mol. The molecule has 0 fully saturated rings. The lowest BCUT2D eigenvalue weighted by atomic mass is 9.95. The predicted molar refractivity (Wildman–Crippen MR) is 76.1 cm³/mol. The van der Waals surface area contributed by atoms with Crippen molar-refractivity contribution in [3.05, 3.63) is 70.8 Å². The number of hydrogen-bond donors (Lipinski definition) is 0. The highest BCUT2D eigenvalue weighted by Crippen LogP contribution is 2.23. The summed E-state index contributed by atoms with van der Waals surface area (Å²) in [5.74, 6) is 0.132. The van der Waals surface area contributed by atoms with Crippen LogP contribution in [0.2, 0.25) is 0 Å². The molecule has 3 rings (SSSR count). The van der Waals surface area contributed by atoms with Crippen LogP contribution in [0.1, 0.15) is 27.0 Å². The maximum atomic E-state index is 12.4. The fourth-order valence-corrected chi connectivity index (χ4v) is 2.74. The molecule has 96 valence electrons. The maximum Gasteiger partial charge on any atom is 0.254 e. The van der Waals surface area contributed by atoms with Crippen molar-refractivity contribution >= 4 is 5.91 Å². The van der Waals surface area contributed by atoms with E-state index in [4.69, 9.17) is 0 Å². The third kappa shape index (κ3) is 2.26. The van der Waals surface area contributed by atoms with Crippen LogP contribution in [-0.4, -0.2) is 17.4 Å². The van der Waals surface area contributed by atoms with Crippen LogP contribution in [-0.2, 0) is 13.0 Å². The van der Waals surface area contributed by atoms with Crippen LogP contribution < -0.4 is 0 Å². The van der Waals surface area contributed by atoms with Crippen molar-refractivity contribution in [3.8, 4) is 0 Å². The van der Waals surface area contributed by atoms with Crippen molar-refractivity contribution in [2.45, 2.75) is 19.9 Å². The lowest BCUT2D eigenvalue weighted by Gasteiger charge is -2.30. The molecule has 1 amide bonds. The number of carbonyl (C=O) groups is 1. The Labute approximate surface area is 113 Å². The van der Waals surface area contributed by atoms with E-state index in [1.807, 2.05) is 35.2 Å². The maximum absolute atomic E-state index is 12.4. The summed E-state index contributed by atoms with van der Waals surface area (Å²) in [6, 6.07) is 15.9. The van der Waals surface area contributed by atoms with Gasteiger partial charge in [0.15, 0.2) is 0 Å². The third-order valence-corrected chi connectivity index (χ3v) is 3.81. The first-order chi connectivity index (χ1) is 9.25. The number of amides is 1. The highest BCUT2D eigenvalue weighted by molar-refractivity contribution is 5.94. The Morgan fingerprint density at radius 3 is 2.63 bits per heavy atom. The molecule has 0 unspecified atom stereocenters. The van der Waals surface area contributed by atoms with Crippen molar-refractivity contribution < 1.29 is 4.79 Å². The van der Waals surface area contributed by atoms with Gasteiger partial charge in [0.25, 0.3) is 5.91 Å². The molecule has 2 nitrogen and oxygen atoms in total.